The van der Waals surface area contributed by atoms with Gasteiger partial charge in [-0.2, -0.15) is 0 Å². The summed E-state index contributed by atoms with van der Waals surface area (Å²) >= 11 is 1.75. The van der Waals surface area contributed by atoms with Gasteiger partial charge in [-0.15, -0.1) is 11.3 Å². The first-order chi connectivity index (χ1) is 11.3. The number of thiazole rings is 1. The van der Waals surface area contributed by atoms with E-state index in [2.05, 4.69) is 17.1 Å². The molecular weight excluding hydrogens is 306 g/mol. The van der Waals surface area contributed by atoms with Gasteiger partial charge in [-0.05, 0) is 37.1 Å². The highest BCUT2D eigenvalue weighted by atomic mass is 32.1. The van der Waals surface area contributed by atoms with Crippen molar-refractivity contribution in [3.05, 3.63) is 59.4 Å². The number of likely N-dealkylation sites (tertiary alicyclic amines) is 1. The van der Waals surface area contributed by atoms with Crippen LogP contribution in [0.5, 0.6) is 0 Å². The van der Waals surface area contributed by atoms with E-state index in [1.165, 1.54) is 4.70 Å². The number of carbonyl (C=O) groups is 1. The molecule has 0 spiro atoms. The van der Waals surface area contributed by atoms with Crippen molar-refractivity contribution in [3.8, 4) is 0 Å². The number of amides is 1. The number of piperidine rings is 1. The summed E-state index contributed by atoms with van der Waals surface area (Å²) in [6, 6.07) is 13.7. The minimum Gasteiger partial charge on any atom is -0.337 e. The Balaban J connectivity index is 1.56. The summed E-state index contributed by atoms with van der Waals surface area (Å²) < 4.78 is 1.22. The fourth-order valence-electron chi connectivity index (χ4n) is 3.08. The minimum absolute atomic E-state index is 0.0245. The van der Waals surface area contributed by atoms with Crippen molar-refractivity contribution in [1.82, 2.24) is 14.9 Å². The zero-order valence-corrected chi connectivity index (χ0v) is 13.5. The molecule has 1 saturated heterocycles. The largest absolute Gasteiger partial charge is 0.337 e. The monoisotopic (exact) mass is 323 g/mol. The van der Waals surface area contributed by atoms with Crippen molar-refractivity contribution >= 4 is 27.5 Å². The minimum atomic E-state index is 0.0245. The van der Waals surface area contributed by atoms with Gasteiger partial charge in [-0.1, -0.05) is 18.2 Å². The van der Waals surface area contributed by atoms with E-state index in [9.17, 15) is 4.79 Å². The quantitative estimate of drug-likeness (QED) is 0.722. The molecule has 2 aromatic heterocycles. The lowest BCUT2D eigenvalue weighted by Crippen LogP contribution is -2.39. The van der Waals surface area contributed by atoms with Gasteiger partial charge in [0.25, 0.3) is 5.91 Å². The van der Waals surface area contributed by atoms with Crippen molar-refractivity contribution in [1.29, 1.82) is 0 Å². The van der Waals surface area contributed by atoms with Crippen LogP contribution in [0.25, 0.3) is 10.2 Å². The predicted octanol–water partition coefficient (Wildman–Crippen LogP) is 3.71. The number of aromatic nitrogens is 2. The second-order valence-electron chi connectivity index (χ2n) is 5.83. The summed E-state index contributed by atoms with van der Waals surface area (Å²) in [7, 11) is 0. The number of para-hydroxylation sites is 1. The Morgan fingerprint density at radius 3 is 2.87 bits per heavy atom. The lowest BCUT2D eigenvalue weighted by atomic mass is 9.98. The number of hydrogen-bond acceptors (Lipinski definition) is 4. The topological polar surface area (TPSA) is 46.1 Å². The van der Waals surface area contributed by atoms with Gasteiger partial charge in [-0.3, -0.25) is 9.78 Å². The maximum atomic E-state index is 12.6. The Kier molecular flexibility index (Phi) is 3.79. The number of rotatable bonds is 2. The third kappa shape index (κ3) is 2.84. The first-order valence-electron chi connectivity index (χ1n) is 7.87. The van der Waals surface area contributed by atoms with E-state index in [4.69, 9.17) is 4.98 Å². The molecule has 0 bridgehead atoms. The first-order valence-corrected chi connectivity index (χ1v) is 8.69. The molecule has 1 atom stereocenters. The SMILES string of the molecule is O=C(c1ccccn1)N1CCC[C@H](c2nc3ccccc3s2)C1. The molecule has 4 rings (SSSR count). The van der Waals surface area contributed by atoms with E-state index >= 15 is 0 Å². The summed E-state index contributed by atoms with van der Waals surface area (Å²) in [6.07, 6.45) is 3.77. The summed E-state index contributed by atoms with van der Waals surface area (Å²) in [5.41, 5.74) is 1.58. The number of fused-ring (bicyclic) bond motifs is 1. The summed E-state index contributed by atoms with van der Waals surface area (Å²) in [6.45, 7) is 1.53. The summed E-state index contributed by atoms with van der Waals surface area (Å²) in [4.78, 5) is 23.5. The van der Waals surface area contributed by atoms with Gasteiger partial charge in [0.2, 0.25) is 0 Å². The van der Waals surface area contributed by atoms with Gasteiger partial charge < -0.3 is 4.90 Å². The van der Waals surface area contributed by atoms with Crippen LogP contribution in [0.3, 0.4) is 0 Å². The number of carbonyl (C=O) groups excluding carboxylic acids is 1. The zero-order chi connectivity index (χ0) is 15.6. The van der Waals surface area contributed by atoms with Gasteiger partial charge in [0.1, 0.15) is 5.69 Å². The fraction of sp³-hybridized carbons (Fsp3) is 0.278. The number of pyridine rings is 1. The summed E-state index contributed by atoms with van der Waals surface area (Å²) in [5.74, 6) is 0.352. The molecule has 1 fully saturated rings. The summed E-state index contributed by atoms with van der Waals surface area (Å²) in [5, 5.41) is 1.14. The number of hydrogen-bond donors (Lipinski definition) is 0. The Hall–Kier alpha value is -2.27. The van der Waals surface area contributed by atoms with E-state index in [1.807, 2.05) is 29.2 Å². The lowest BCUT2D eigenvalue weighted by molar-refractivity contribution is 0.0701. The molecule has 0 unspecified atom stereocenters. The van der Waals surface area contributed by atoms with E-state index in [0.717, 1.165) is 36.5 Å². The molecule has 3 aromatic rings. The van der Waals surface area contributed by atoms with E-state index < -0.39 is 0 Å². The zero-order valence-electron chi connectivity index (χ0n) is 12.7. The second kappa shape index (κ2) is 6.08. The Morgan fingerprint density at radius 1 is 1.17 bits per heavy atom. The number of benzene rings is 1. The molecular formula is C18H17N3OS. The van der Waals surface area contributed by atoms with E-state index in [1.54, 1.807) is 23.6 Å². The van der Waals surface area contributed by atoms with Crippen LogP contribution in [0.15, 0.2) is 48.7 Å². The standard InChI is InChI=1S/C18H17N3OS/c22-18(15-8-3-4-10-19-15)21-11-5-6-13(12-21)17-20-14-7-1-2-9-16(14)23-17/h1-4,7-10,13H,5-6,11-12H2/t13-/m0/s1. The maximum Gasteiger partial charge on any atom is 0.272 e. The van der Waals surface area contributed by atoms with Crippen LogP contribution in [-0.4, -0.2) is 33.9 Å². The molecule has 0 N–H and O–H groups in total. The lowest BCUT2D eigenvalue weighted by Gasteiger charge is -2.31. The highest BCUT2D eigenvalue weighted by molar-refractivity contribution is 7.18. The molecule has 4 nitrogen and oxygen atoms in total. The predicted molar refractivity (Wildman–Crippen MR) is 91.7 cm³/mol. The van der Waals surface area contributed by atoms with Crippen LogP contribution in [-0.2, 0) is 0 Å². The average Bonchev–Trinajstić information content (AvgIpc) is 3.06. The highest BCUT2D eigenvalue weighted by Crippen LogP contribution is 2.33. The number of nitrogens with zero attached hydrogens (tertiary/aromatic N) is 3. The van der Waals surface area contributed by atoms with Crippen LogP contribution < -0.4 is 0 Å². The van der Waals surface area contributed by atoms with Crippen molar-refractivity contribution in [3.63, 3.8) is 0 Å². The van der Waals surface area contributed by atoms with Crippen LogP contribution in [0.2, 0.25) is 0 Å². The first kappa shape index (κ1) is 14.3. The van der Waals surface area contributed by atoms with E-state index in [0.29, 0.717) is 11.6 Å². The molecule has 1 aliphatic heterocycles. The molecule has 1 amide bonds. The van der Waals surface area contributed by atoms with Crippen LogP contribution in [0.4, 0.5) is 0 Å². The van der Waals surface area contributed by atoms with Gasteiger partial charge in [-0.25, -0.2) is 4.98 Å². The van der Waals surface area contributed by atoms with E-state index in [-0.39, 0.29) is 5.91 Å². The van der Waals surface area contributed by atoms with Crippen molar-refractivity contribution in [2.45, 2.75) is 18.8 Å². The van der Waals surface area contributed by atoms with Gasteiger partial charge in [0.05, 0.1) is 15.2 Å². The normalized spacial score (nSPS) is 18.3. The molecule has 116 valence electrons. The Labute approximate surface area is 138 Å². The average molecular weight is 323 g/mol. The maximum absolute atomic E-state index is 12.6. The Morgan fingerprint density at radius 2 is 2.04 bits per heavy atom. The van der Waals surface area contributed by atoms with Gasteiger partial charge in [0.15, 0.2) is 0 Å². The molecule has 5 heteroatoms. The molecule has 0 aliphatic carbocycles. The molecule has 1 aliphatic rings. The fourth-order valence-corrected chi connectivity index (χ4v) is 4.17. The van der Waals surface area contributed by atoms with Crippen molar-refractivity contribution in [2.75, 3.05) is 13.1 Å². The van der Waals surface area contributed by atoms with Gasteiger partial charge in [0, 0.05) is 25.2 Å². The van der Waals surface area contributed by atoms with Crippen LogP contribution in [0.1, 0.15) is 34.3 Å². The highest BCUT2D eigenvalue weighted by Gasteiger charge is 2.27. The third-order valence-corrected chi connectivity index (χ3v) is 5.45. The smallest absolute Gasteiger partial charge is 0.272 e. The third-order valence-electron chi connectivity index (χ3n) is 4.25. The molecule has 0 saturated carbocycles. The van der Waals surface area contributed by atoms with Crippen LogP contribution in [0, 0.1) is 0 Å². The molecule has 3 heterocycles. The molecule has 23 heavy (non-hydrogen) atoms. The van der Waals surface area contributed by atoms with Crippen LogP contribution >= 0.6 is 11.3 Å². The van der Waals surface area contributed by atoms with Gasteiger partial charge >= 0.3 is 0 Å². The molecule has 0 radical (unpaired) electrons. The second-order valence-corrected chi connectivity index (χ2v) is 6.89. The molecule has 1 aromatic carbocycles. The van der Waals surface area contributed by atoms with Crippen molar-refractivity contribution in [2.24, 2.45) is 0 Å². The Bertz CT molecular complexity index is 797. The van der Waals surface area contributed by atoms with Crippen molar-refractivity contribution < 1.29 is 4.79 Å².